The zero-order chi connectivity index (χ0) is 23.8. The van der Waals surface area contributed by atoms with Crippen LogP contribution in [0, 0.1) is 12.8 Å². The second kappa shape index (κ2) is 9.00. The van der Waals surface area contributed by atoms with Crippen molar-refractivity contribution in [3.63, 3.8) is 0 Å². The number of fused-ring (bicyclic) bond motifs is 1. The first kappa shape index (κ1) is 23.0. The largest absolute Gasteiger partial charge is 0.464 e. The average molecular weight is 453 g/mol. The van der Waals surface area contributed by atoms with E-state index in [2.05, 4.69) is 17.3 Å². The molecule has 0 radical (unpaired) electrons. The van der Waals surface area contributed by atoms with Gasteiger partial charge in [-0.1, -0.05) is 36.8 Å². The number of esters is 1. The lowest BCUT2D eigenvalue weighted by Crippen LogP contribution is -2.64. The molecule has 1 aliphatic carbocycles. The molecule has 8 heteroatoms. The molecule has 1 unspecified atom stereocenters. The summed E-state index contributed by atoms with van der Waals surface area (Å²) in [5, 5.41) is 7.48. The fourth-order valence-electron chi connectivity index (χ4n) is 4.83. The first-order valence-corrected chi connectivity index (χ1v) is 11.6. The summed E-state index contributed by atoms with van der Waals surface area (Å²) in [7, 11) is 1.27. The maximum absolute atomic E-state index is 13.7. The maximum Gasteiger partial charge on any atom is 0.358 e. The van der Waals surface area contributed by atoms with Crippen molar-refractivity contribution >= 4 is 17.8 Å². The standard InChI is InChI=1S/C25H32N4O4/c1-16-8-10-19(11-9-16)26-24(32)25(3)15-29-21(13-20(27-29)23(31)33-4)22(30)28(25)14-18-7-5-6-17(2)12-18/h5-7,12-13,16,19H,8-11,14-15H2,1-4H3,(H,26,32). The summed E-state index contributed by atoms with van der Waals surface area (Å²) in [5.41, 5.74) is 1.20. The Morgan fingerprint density at radius 2 is 1.94 bits per heavy atom. The van der Waals surface area contributed by atoms with Crippen molar-refractivity contribution in [3.8, 4) is 0 Å². The highest BCUT2D eigenvalue weighted by Gasteiger charge is 2.48. The van der Waals surface area contributed by atoms with Gasteiger partial charge in [-0.3, -0.25) is 14.3 Å². The van der Waals surface area contributed by atoms with Gasteiger partial charge in [0.25, 0.3) is 5.91 Å². The molecule has 2 aliphatic rings. The van der Waals surface area contributed by atoms with Gasteiger partial charge in [-0.05, 0) is 51.0 Å². The third-order valence-electron chi connectivity index (χ3n) is 6.96. The molecule has 1 fully saturated rings. The molecule has 2 amide bonds. The topological polar surface area (TPSA) is 93.5 Å². The molecule has 1 saturated carbocycles. The van der Waals surface area contributed by atoms with Gasteiger partial charge in [0.2, 0.25) is 5.91 Å². The van der Waals surface area contributed by atoms with Gasteiger partial charge in [0, 0.05) is 18.7 Å². The molecule has 4 rings (SSSR count). The summed E-state index contributed by atoms with van der Waals surface area (Å²) < 4.78 is 6.24. The summed E-state index contributed by atoms with van der Waals surface area (Å²) in [6.07, 6.45) is 4.04. The Morgan fingerprint density at radius 1 is 1.21 bits per heavy atom. The number of rotatable bonds is 5. The minimum atomic E-state index is -1.16. The third kappa shape index (κ3) is 4.51. The summed E-state index contributed by atoms with van der Waals surface area (Å²) >= 11 is 0. The quantitative estimate of drug-likeness (QED) is 0.704. The van der Waals surface area contributed by atoms with Crippen LogP contribution >= 0.6 is 0 Å². The Bertz CT molecular complexity index is 1070. The van der Waals surface area contributed by atoms with Crippen LogP contribution in [0.5, 0.6) is 0 Å². The van der Waals surface area contributed by atoms with E-state index in [0.717, 1.165) is 36.8 Å². The Balaban J connectivity index is 1.67. The number of amides is 2. The number of hydrogen-bond acceptors (Lipinski definition) is 5. The number of benzene rings is 1. The zero-order valence-electron chi connectivity index (χ0n) is 19.8. The van der Waals surface area contributed by atoms with Gasteiger partial charge >= 0.3 is 5.97 Å². The lowest BCUT2D eigenvalue weighted by molar-refractivity contribution is -0.134. The molecular formula is C25H32N4O4. The molecule has 1 aliphatic heterocycles. The lowest BCUT2D eigenvalue weighted by Gasteiger charge is -2.44. The van der Waals surface area contributed by atoms with Gasteiger partial charge in [-0.25, -0.2) is 4.79 Å². The molecule has 176 valence electrons. The lowest BCUT2D eigenvalue weighted by atomic mass is 9.86. The minimum Gasteiger partial charge on any atom is -0.464 e. The number of carbonyl (C=O) groups is 3. The zero-order valence-corrected chi connectivity index (χ0v) is 19.8. The molecule has 0 saturated heterocycles. The smallest absolute Gasteiger partial charge is 0.358 e. The van der Waals surface area contributed by atoms with Crippen LogP contribution in [-0.2, 0) is 22.6 Å². The van der Waals surface area contributed by atoms with Crippen LogP contribution in [0.25, 0.3) is 0 Å². The van der Waals surface area contributed by atoms with E-state index in [-0.39, 0.29) is 42.3 Å². The van der Waals surface area contributed by atoms with Crippen LogP contribution in [0.2, 0.25) is 0 Å². The predicted octanol–water partition coefficient (Wildman–Crippen LogP) is 3.09. The highest BCUT2D eigenvalue weighted by molar-refractivity contribution is 6.01. The monoisotopic (exact) mass is 452 g/mol. The second-order valence-corrected chi connectivity index (χ2v) is 9.65. The first-order chi connectivity index (χ1) is 15.7. The minimum absolute atomic E-state index is 0.0577. The molecule has 33 heavy (non-hydrogen) atoms. The fourth-order valence-corrected chi connectivity index (χ4v) is 4.83. The normalized spacial score (nSPS) is 24.8. The van der Waals surface area contributed by atoms with Crippen LogP contribution in [-0.4, -0.2) is 51.2 Å². The van der Waals surface area contributed by atoms with E-state index in [9.17, 15) is 14.4 Å². The molecule has 2 heterocycles. The Hall–Kier alpha value is -3.16. The number of ether oxygens (including phenoxy) is 1. The number of nitrogens with zero attached hydrogens (tertiary/aromatic N) is 3. The van der Waals surface area contributed by atoms with E-state index in [4.69, 9.17) is 4.74 Å². The second-order valence-electron chi connectivity index (χ2n) is 9.65. The molecule has 8 nitrogen and oxygen atoms in total. The third-order valence-corrected chi connectivity index (χ3v) is 6.96. The molecule has 0 spiro atoms. The molecular weight excluding hydrogens is 420 g/mol. The number of methoxy groups -OCH3 is 1. The fraction of sp³-hybridized carbons (Fsp3) is 0.520. The van der Waals surface area contributed by atoms with Crippen molar-refractivity contribution in [2.75, 3.05) is 7.11 Å². The summed E-state index contributed by atoms with van der Waals surface area (Å²) in [6, 6.07) is 9.45. The van der Waals surface area contributed by atoms with Crippen LogP contribution in [0.1, 0.15) is 71.6 Å². The number of aromatic nitrogens is 2. The van der Waals surface area contributed by atoms with E-state index in [1.807, 2.05) is 31.2 Å². The van der Waals surface area contributed by atoms with Crippen molar-refractivity contribution in [2.24, 2.45) is 5.92 Å². The number of nitrogens with one attached hydrogen (secondary N) is 1. The number of aryl methyl sites for hydroxylation is 1. The van der Waals surface area contributed by atoms with Gasteiger partial charge < -0.3 is 15.0 Å². The van der Waals surface area contributed by atoms with Gasteiger partial charge in [0.05, 0.1) is 13.7 Å². The molecule has 2 aromatic rings. The summed E-state index contributed by atoms with van der Waals surface area (Å²) in [5.74, 6) is -0.465. The highest BCUT2D eigenvalue weighted by Crippen LogP contribution is 2.31. The summed E-state index contributed by atoms with van der Waals surface area (Å²) in [6.45, 7) is 6.46. The van der Waals surface area contributed by atoms with Crippen LogP contribution in [0.4, 0.5) is 0 Å². The Kier molecular flexibility index (Phi) is 6.28. The molecule has 0 bridgehead atoms. The number of hydrogen-bond donors (Lipinski definition) is 1. The molecule has 1 N–H and O–H groups in total. The Morgan fingerprint density at radius 3 is 2.61 bits per heavy atom. The maximum atomic E-state index is 13.7. The first-order valence-electron chi connectivity index (χ1n) is 11.6. The van der Waals surface area contributed by atoms with Gasteiger partial charge in [-0.2, -0.15) is 5.10 Å². The van der Waals surface area contributed by atoms with Crippen LogP contribution in [0.15, 0.2) is 30.3 Å². The Labute approximate surface area is 194 Å². The highest BCUT2D eigenvalue weighted by atomic mass is 16.5. The molecule has 1 atom stereocenters. The van der Waals surface area contributed by atoms with Crippen molar-refractivity contribution in [1.82, 2.24) is 20.0 Å². The molecule has 1 aromatic heterocycles. The van der Waals surface area contributed by atoms with Crippen molar-refractivity contribution in [3.05, 3.63) is 52.8 Å². The average Bonchev–Trinajstić information content (AvgIpc) is 3.21. The van der Waals surface area contributed by atoms with Crippen LogP contribution in [0.3, 0.4) is 0 Å². The van der Waals surface area contributed by atoms with Gasteiger partial charge in [0.1, 0.15) is 11.2 Å². The van der Waals surface area contributed by atoms with Crippen molar-refractivity contribution in [1.29, 1.82) is 0 Å². The van der Waals surface area contributed by atoms with Crippen molar-refractivity contribution in [2.45, 2.75) is 71.1 Å². The van der Waals surface area contributed by atoms with Crippen LogP contribution < -0.4 is 5.32 Å². The predicted molar refractivity (Wildman–Crippen MR) is 123 cm³/mol. The van der Waals surface area contributed by atoms with Gasteiger partial charge in [0.15, 0.2) is 5.69 Å². The van der Waals surface area contributed by atoms with E-state index in [1.54, 1.807) is 11.8 Å². The summed E-state index contributed by atoms with van der Waals surface area (Å²) in [4.78, 5) is 40.9. The van der Waals surface area contributed by atoms with E-state index >= 15 is 0 Å². The van der Waals surface area contributed by atoms with Gasteiger partial charge in [-0.15, -0.1) is 0 Å². The van der Waals surface area contributed by atoms with Crippen molar-refractivity contribution < 1.29 is 19.1 Å². The van der Waals surface area contributed by atoms with E-state index in [1.165, 1.54) is 17.9 Å². The molecule has 1 aromatic carbocycles. The van der Waals surface area contributed by atoms with E-state index < -0.39 is 11.5 Å². The van der Waals surface area contributed by atoms with E-state index in [0.29, 0.717) is 5.92 Å². The SMILES string of the molecule is COC(=O)c1cc2n(n1)CC(C)(C(=O)NC1CCC(C)CC1)N(Cc1cccc(C)c1)C2=O. The number of carbonyl (C=O) groups excluding carboxylic acids is 3.